The Kier molecular flexibility index (Phi) is 4.69. The Bertz CT molecular complexity index is 349. The standard InChI is InChI=1S/C14H21NO/c1-10-6-11(2)8-13(7-10)9-14(16)5-4-12(3)15/h6-8,12H,4-5,9,15H2,1-3H3. The molecular weight excluding hydrogens is 198 g/mol. The maximum atomic E-state index is 11.7. The molecule has 2 heteroatoms. The lowest BCUT2D eigenvalue weighted by Gasteiger charge is -2.06. The number of Topliss-reactive ketones (excluding diaryl/α,β-unsaturated/α-hetero) is 1. The Labute approximate surface area is 97.9 Å². The van der Waals surface area contributed by atoms with Crippen molar-refractivity contribution in [2.45, 2.75) is 46.1 Å². The molecule has 0 aliphatic heterocycles. The molecule has 0 aliphatic rings. The van der Waals surface area contributed by atoms with E-state index < -0.39 is 0 Å². The Hall–Kier alpha value is -1.15. The smallest absolute Gasteiger partial charge is 0.137 e. The molecule has 0 heterocycles. The van der Waals surface area contributed by atoms with E-state index >= 15 is 0 Å². The molecule has 0 radical (unpaired) electrons. The fourth-order valence-electron chi connectivity index (χ4n) is 1.88. The highest BCUT2D eigenvalue weighted by Crippen LogP contribution is 2.11. The Morgan fingerprint density at radius 3 is 2.31 bits per heavy atom. The second-order valence-electron chi connectivity index (χ2n) is 4.73. The van der Waals surface area contributed by atoms with Crippen molar-refractivity contribution >= 4 is 5.78 Å². The predicted octanol–water partition coefficient (Wildman–Crippen LogP) is 2.54. The predicted molar refractivity (Wildman–Crippen MR) is 67.5 cm³/mol. The quantitative estimate of drug-likeness (QED) is 0.827. The van der Waals surface area contributed by atoms with Gasteiger partial charge in [-0.1, -0.05) is 29.3 Å². The molecular formula is C14H21NO. The zero-order chi connectivity index (χ0) is 12.1. The molecule has 0 amide bonds. The Morgan fingerprint density at radius 2 is 1.81 bits per heavy atom. The van der Waals surface area contributed by atoms with Crippen molar-refractivity contribution in [1.82, 2.24) is 0 Å². The summed E-state index contributed by atoms with van der Waals surface area (Å²) in [7, 11) is 0. The fraction of sp³-hybridized carbons (Fsp3) is 0.500. The Balaban J connectivity index is 2.56. The minimum absolute atomic E-state index is 0.114. The summed E-state index contributed by atoms with van der Waals surface area (Å²) in [5.74, 6) is 0.280. The monoisotopic (exact) mass is 219 g/mol. The van der Waals surface area contributed by atoms with E-state index in [1.165, 1.54) is 11.1 Å². The maximum Gasteiger partial charge on any atom is 0.137 e. The minimum Gasteiger partial charge on any atom is -0.328 e. The van der Waals surface area contributed by atoms with E-state index in [9.17, 15) is 4.79 Å². The van der Waals surface area contributed by atoms with Gasteiger partial charge in [0.2, 0.25) is 0 Å². The molecule has 0 fully saturated rings. The van der Waals surface area contributed by atoms with Crippen LogP contribution in [0, 0.1) is 13.8 Å². The van der Waals surface area contributed by atoms with E-state index in [1.807, 2.05) is 6.92 Å². The van der Waals surface area contributed by atoms with E-state index in [2.05, 4.69) is 32.0 Å². The molecule has 0 saturated carbocycles. The van der Waals surface area contributed by atoms with Crippen molar-refractivity contribution < 1.29 is 4.79 Å². The van der Waals surface area contributed by atoms with Gasteiger partial charge in [0, 0.05) is 18.9 Å². The first-order valence-electron chi connectivity index (χ1n) is 5.82. The normalized spacial score (nSPS) is 12.5. The number of aryl methyl sites for hydroxylation is 2. The van der Waals surface area contributed by atoms with Gasteiger partial charge in [0.05, 0.1) is 0 Å². The highest BCUT2D eigenvalue weighted by atomic mass is 16.1. The number of hydrogen-bond acceptors (Lipinski definition) is 2. The molecule has 1 unspecified atom stereocenters. The highest BCUT2D eigenvalue weighted by molar-refractivity contribution is 5.80. The molecule has 0 bridgehead atoms. The molecule has 1 rings (SSSR count). The molecule has 0 aliphatic carbocycles. The van der Waals surface area contributed by atoms with Crippen LogP contribution >= 0.6 is 0 Å². The second kappa shape index (κ2) is 5.80. The number of nitrogens with two attached hydrogens (primary N) is 1. The number of carbonyl (C=O) groups excluding carboxylic acids is 1. The third-order valence-electron chi connectivity index (χ3n) is 2.56. The van der Waals surface area contributed by atoms with Crippen LogP contribution in [0.2, 0.25) is 0 Å². The second-order valence-corrected chi connectivity index (χ2v) is 4.73. The van der Waals surface area contributed by atoms with Crippen LogP contribution < -0.4 is 5.73 Å². The van der Waals surface area contributed by atoms with Crippen LogP contribution in [-0.4, -0.2) is 11.8 Å². The van der Waals surface area contributed by atoms with Gasteiger partial charge in [-0.15, -0.1) is 0 Å². The van der Waals surface area contributed by atoms with Gasteiger partial charge < -0.3 is 5.73 Å². The largest absolute Gasteiger partial charge is 0.328 e. The molecule has 0 aromatic heterocycles. The van der Waals surface area contributed by atoms with Crippen LogP contribution in [0.1, 0.15) is 36.5 Å². The van der Waals surface area contributed by atoms with Gasteiger partial charge in [-0.25, -0.2) is 0 Å². The van der Waals surface area contributed by atoms with Gasteiger partial charge in [-0.3, -0.25) is 4.79 Å². The van der Waals surface area contributed by atoms with Crippen LogP contribution in [0.4, 0.5) is 0 Å². The highest BCUT2D eigenvalue weighted by Gasteiger charge is 2.06. The number of hydrogen-bond donors (Lipinski definition) is 1. The molecule has 16 heavy (non-hydrogen) atoms. The number of benzene rings is 1. The number of carbonyl (C=O) groups is 1. The summed E-state index contributed by atoms with van der Waals surface area (Å²) in [5.41, 5.74) is 9.18. The lowest BCUT2D eigenvalue weighted by molar-refractivity contribution is -0.118. The van der Waals surface area contributed by atoms with E-state index in [0.29, 0.717) is 12.8 Å². The lowest BCUT2D eigenvalue weighted by Crippen LogP contribution is -2.17. The van der Waals surface area contributed by atoms with Crippen LogP contribution in [-0.2, 0) is 11.2 Å². The zero-order valence-electron chi connectivity index (χ0n) is 10.4. The molecule has 2 nitrogen and oxygen atoms in total. The molecule has 88 valence electrons. The van der Waals surface area contributed by atoms with E-state index in [4.69, 9.17) is 5.73 Å². The van der Waals surface area contributed by atoms with Crippen LogP contribution in [0.3, 0.4) is 0 Å². The van der Waals surface area contributed by atoms with Gasteiger partial charge in [0.25, 0.3) is 0 Å². The molecule has 1 aromatic rings. The van der Waals surface area contributed by atoms with Crippen molar-refractivity contribution in [3.05, 3.63) is 34.9 Å². The summed E-state index contributed by atoms with van der Waals surface area (Å²) in [6, 6.07) is 6.40. The number of ketones is 1. The summed E-state index contributed by atoms with van der Waals surface area (Å²) in [4.78, 5) is 11.7. The Morgan fingerprint density at radius 1 is 1.25 bits per heavy atom. The van der Waals surface area contributed by atoms with Crippen molar-refractivity contribution in [2.24, 2.45) is 5.73 Å². The van der Waals surface area contributed by atoms with Gasteiger partial charge >= 0.3 is 0 Å². The van der Waals surface area contributed by atoms with Crippen LogP contribution in [0.25, 0.3) is 0 Å². The van der Waals surface area contributed by atoms with Gasteiger partial charge in [0.15, 0.2) is 0 Å². The van der Waals surface area contributed by atoms with Gasteiger partial charge in [-0.2, -0.15) is 0 Å². The SMILES string of the molecule is Cc1cc(C)cc(CC(=O)CCC(C)N)c1. The molecule has 1 atom stereocenters. The molecule has 0 saturated heterocycles. The summed E-state index contributed by atoms with van der Waals surface area (Å²) >= 11 is 0. The summed E-state index contributed by atoms with van der Waals surface area (Å²) in [6.45, 7) is 6.05. The summed E-state index contributed by atoms with van der Waals surface area (Å²) < 4.78 is 0. The molecule has 0 spiro atoms. The molecule has 2 N–H and O–H groups in total. The third-order valence-corrected chi connectivity index (χ3v) is 2.56. The van der Waals surface area contributed by atoms with E-state index in [0.717, 1.165) is 12.0 Å². The van der Waals surface area contributed by atoms with Gasteiger partial charge in [0.1, 0.15) is 5.78 Å². The first kappa shape index (κ1) is 12.9. The zero-order valence-corrected chi connectivity index (χ0v) is 10.4. The average molecular weight is 219 g/mol. The first-order valence-corrected chi connectivity index (χ1v) is 5.82. The average Bonchev–Trinajstić information content (AvgIpc) is 2.12. The number of rotatable bonds is 5. The van der Waals surface area contributed by atoms with Gasteiger partial charge in [-0.05, 0) is 32.8 Å². The van der Waals surface area contributed by atoms with E-state index in [1.54, 1.807) is 0 Å². The summed E-state index contributed by atoms with van der Waals surface area (Å²) in [5, 5.41) is 0. The van der Waals surface area contributed by atoms with E-state index in [-0.39, 0.29) is 11.8 Å². The van der Waals surface area contributed by atoms with Crippen molar-refractivity contribution in [3.8, 4) is 0 Å². The maximum absolute atomic E-state index is 11.7. The topological polar surface area (TPSA) is 43.1 Å². The third kappa shape index (κ3) is 4.58. The summed E-state index contributed by atoms with van der Waals surface area (Å²) in [6.07, 6.45) is 1.91. The minimum atomic E-state index is 0.114. The van der Waals surface area contributed by atoms with Crippen molar-refractivity contribution in [1.29, 1.82) is 0 Å². The lowest BCUT2D eigenvalue weighted by atomic mass is 10.0. The molecule has 1 aromatic carbocycles. The van der Waals surface area contributed by atoms with Crippen LogP contribution in [0.15, 0.2) is 18.2 Å². The van der Waals surface area contributed by atoms with Crippen molar-refractivity contribution in [2.75, 3.05) is 0 Å². The first-order chi connectivity index (χ1) is 7.47. The van der Waals surface area contributed by atoms with Crippen LogP contribution in [0.5, 0.6) is 0 Å². The van der Waals surface area contributed by atoms with Crippen molar-refractivity contribution in [3.63, 3.8) is 0 Å². The fourth-order valence-corrected chi connectivity index (χ4v) is 1.88.